The van der Waals surface area contributed by atoms with E-state index in [-0.39, 0.29) is 36.8 Å². The van der Waals surface area contributed by atoms with Gasteiger partial charge in [-0.3, -0.25) is 4.79 Å². The Balaban J connectivity index is 0.00000242. The van der Waals surface area contributed by atoms with Gasteiger partial charge >= 0.3 is 0 Å². The molecule has 4 nitrogen and oxygen atoms in total. The second-order valence-corrected chi connectivity index (χ2v) is 6.49. The number of nitrogens with two attached hydrogens (primary N) is 1. The Morgan fingerprint density at radius 1 is 1.30 bits per heavy atom. The van der Waals surface area contributed by atoms with E-state index in [9.17, 15) is 4.79 Å². The quantitative estimate of drug-likeness (QED) is 0.899. The van der Waals surface area contributed by atoms with E-state index in [1.807, 2.05) is 42.3 Å². The Bertz CT molecular complexity index is 496. The van der Waals surface area contributed by atoms with E-state index < -0.39 is 5.54 Å². The van der Waals surface area contributed by atoms with Crippen molar-refractivity contribution in [2.75, 3.05) is 20.6 Å². The zero-order chi connectivity index (χ0) is 15.6. The van der Waals surface area contributed by atoms with Gasteiger partial charge in [0.2, 0.25) is 5.91 Å². The lowest BCUT2D eigenvalue weighted by atomic mass is 9.89. The average molecular weight is 362 g/mol. The van der Waals surface area contributed by atoms with Crippen molar-refractivity contribution in [3.05, 3.63) is 35.9 Å². The van der Waals surface area contributed by atoms with Crippen LogP contribution in [0.2, 0.25) is 0 Å². The summed E-state index contributed by atoms with van der Waals surface area (Å²) >= 11 is 0. The van der Waals surface area contributed by atoms with Gasteiger partial charge in [-0.1, -0.05) is 30.3 Å². The molecule has 1 saturated heterocycles. The highest BCUT2D eigenvalue weighted by atomic mass is 35.5. The zero-order valence-corrected chi connectivity index (χ0v) is 16.0. The van der Waals surface area contributed by atoms with Crippen molar-refractivity contribution >= 4 is 30.7 Å². The molecule has 3 unspecified atom stereocenters. The topological polar surface area (TPSA) is 49.6 Å². The average Bonchev–Trinajstić information content (AvgIpc) is 2.49. The van der Waals surface area contributed by atoms with Crippen molar-refractivity contribution in [2.24, 2.45) is 5.73 Å². The molecular weight excluding hydrogens is 333 g/mol. The highest BCUT2D eigenvalue weighted by Gasteiger charge is 2.37. The molecule has 0 saturated carbocycles. The third kappa shape index (κ3) is 4.83. The highest BCUT2D eigenvalue weighted by Crippen LogP contribution is 2.25. The van der Waals surface area contributed by atoms with Crippen LogP contribution < -0.4 is 5.73 Å². The molecule has 6 heteroatoms. The number of carbonyl (C=O) groups is 1. The fraction of sp³-hybridized carbons (Fsp3) is 0.588. The summed E-state index contributed by atoms with van der Waals surface area (Å²) in [5, 5.41) is 0. The van der Waals surface area contributed by atoms with Crippen LogP contribution in [-0.2, 0) is 10.3 Å². The van der Waals surface area contributed by atoms with Crippen LogP contribution in [0.1, 0.15) is 32.3 Å². The van der Waals surface area contributed by atoms with Crippen LogP contribution in [0.5, 0.6) is 0 Å². The molecule has 3 atom stereocenters. The van der Waals surface area contributed by atoms with Crippen LogP contribution >= 0.6 is 24.8 Å². The predicted molar refractivity (Wildman–Crippen MR) is 100 cm³/mol. The molecule has 0 aliphatic carbocycles. The minimum absolute atomic E-state index is 0. The lowest BCUT2D eigenvalue weighted by Crippen LogP contribution is -2.55. The second kappa shape index (κ2) is 8.88. The number of likely N-dealkylation sites (tertiary alicyclic amines) is 1. The summed E-state index contributed by atoms with van der Waals surface area (Å²) < 4.78 is 0. The summed E-state index contributed by atoms with van der Waals surface area (Å²) in [6.07, 6.45) is 2.01. The fourth-order valence-corrected chi connectivity index (χ4v) is 3.06. The maximum Gasteiger partial charge on any atom is 0.246 e. The summed E-state index contributed by atoms with van der Waals surface area (Å²) in [7, 11) is 4.03. The van der Waals surface area contributed by atoms with Gasteiger partial charge in [-0.05, 0) is 39.3 Å². The van der Waals surface area contributed by atoms with Gasteiger partial charge in [0.1, 0.15) is 5.54 Å². The lowest BCUT2D eigenvalue weighted by molar-refractivity contribution is -0.138. The first-order valence-corrected chi connectivity index (χ1v) is 7.66. The molecule has 1 fully saturated rings. The summed E-state index contributed by atoms with van der Waals surface area (Å²) in [6.45, 7) is 5.04. The van der Waals surface area contributed by atoms with Crippen molar-refractivity contribution in [1.29, 1.82) is 0 Å². The number of halogens is 2. The molecule has 23 heavy (non-hydrogen) atoms. The SMILES string of the molecule is CC1CC(N(C)C(=O)C(C)(N)c2ccccc2)CCN1C.Cl.Cl. The number of piperidine rings is 1. The standard InChI is InChI=1S/C17H27N3O.2ClH/c1-13-12-15(10-11-19(13)3)20(4)16(21)17(2,18)14-8-6-5-7-9-14;;/h5-9,13,15H,10-12,18H2,1-4H3;2*1H. The van der Waals surface area contributed by atoms with E-state index in [4.69, 9.17) is 5.73 Å². The van der Waals surface area contributed by atoms with Crippen LogP contribution in [0.3, 0.4) is 0 Å². The van der Waals surface area contributed by atoms with Crippen LogP contribution in [-0.4, -0.2) is 48.4 Å². The van der Waals surface area contributed by atoms with E-state index in [1.165, 1.54) is 0 Å². The molecule has 1 aliphatic heterocycles. The Morgan fingerprint density at radius 3 is 2.39 bits per heavy atom. The molecule has 0 spiro atoms. The van der Waals surface area contributed by atoms with Crippen molar-refractivity contribution in [2.45, 2.75) is 44.3 Å². The zero-order valence-electron chi connectivity index (χ0n) is 14.4. The molecule has 0 aromatic heterocycles. The molecule has 0 bridgehead atoms. The van der Waals surface area contributed by atoms with Gasteiger partial charge in [-0.15, -0.1) is 24.8 Å². The van der Waals surface area contributed by atoms with Crippen molar-refractivity contribution in [3.8, 4) is 0 Å². The second-order valence-electron chi connectivity index (χ2n) is 6.49. The Kier molecular flexibility index (Phi) is 8.57. The number of hydrogen-bond acceptors (Lipinski definition) is 3. The normalized spacial score (nSPS) is 23.9. The third-order valence-electron chi connectivity index (χ3n) is 4.87. The number of carbonyl (C=O) groups excluding carboxylic acids is 1. The molecule has 1 aliphatic rings. The predicted octanol–water partition coefficient (Wildman–Crippen LogP) is 2.65. The van der Waals surface area contributed by atoms with Gasteiger partial charge in [0.05, 0.1) is 0 Å². The third-order valence-corrected chi connectivity index (χ3v) is 4.87. The molecule has 2 rings (SSSR count). The minimum Gasteiger partial charge on any atom is -0.341 e. The number of rotatable bonds is 3. The smallest absolute Gasteiger partial charge is 0.246 e. The van der Waals surface area contributed by atoms with Gasteiger partial charge in [-0.25, -0.2) is 0 Å². The fourth-order valence-electron chi connectivity index (χ4n) is 3.06. The molecule has 1 amide bonds. The summed E-state index contributed by atoms with van der Waals surface area (Å²) in [4.78, 5) is 17.0. The highest BCUT2D eigenvalue weighted by molar-refractivity contribution is 5.87. The maximum absolute atomic E-state index is 12.8. The number of hydrogen-bond donors (Lipinski definition) is 1. The molecule has 1 heterocycles. The van der Waals surface area contributed by atoms with Gasteiger partial charge < -0.3 is 15.5 Å². The van der Waals surface area contributed by atoms with Crippen LogP contribution in [0.25, 0.3) is 0 Å². The van der Waals surface area contributed by atoms with Crippen LogP contribution in [0.15, 0.2) is 30.3 Å². The van der Waals surface area contributed by atoms with Gasteiger partial charge in [0, 0.05) is 25.7 Å². The summed E-state index contributed by atoms with van der Waals surface area (Å²) in [5.41, 5.74) is 6.24. The van der Waals surface area contributed by atoms with Gasteiger partial charge in [-0.2, -0.15) is 0 Å². The first kappa shape index (κ1) is 22.2. The number of nitrogens with zero attached hydrogens (tertiary/aromatic N) is 2. The van der Waals surface area contributed by atoms with E-state index >= 15 is 0 Å². The van der Waals surface area contributed by atoms with Crippen LogP contribution in [0, 0.1) is 0 Å². The molecule has 132 valence electrons. The number of benzene rings is 1. The summed E-state index contributed by atoms with van der Waals surface area (Å²) in [6, 6.07) is 10.4. The van der Waals surface area contributed by atoms with E-state index in [1.54, 1.807) is 6.92 Å². The molecule has 0 radical (unpaired) electrons. The molecule has 1 aromatic carbocycles. The summed E-state index contributed by atoms with van der Waals surface area (Å²) in [5.74, 6) is -0.00421. The minimum atomic E-state index is -0.970. The van der Waals surface area contributed by atoms with Crippen molar-refractivity contribution in [1.82, 2.24) is 9.80 Å². The Hall–Kier alpha value is -0.810. The van der Waals surface area contributed by atoms with Crippen molar-refractivity contribution < 1.29 is 4.79 Å². The van der Waals surface area contributed by atoms with Gasteiger partial charge in [0.15, 0.2) is 0 Å². The number of amides is 1. The van der Waals surface area contributed by atoms with E-state index in [0.29, 0.717) is 6.04 Å². The first-order chi connectivity index (χ1) is 9.84. The maximum atomic E-state index is 12.8. The molecule has 2 N–H and O–H groups in total. The Morgan fingerprint density at radius 2 is 1.87 bits per heavy atom. The molecular formula is C17H29Cl2N3O. The first-order valence-electron chi connectivity index (χ1n) is 7.66. The van der Waals surface area contributed by atoms with Crippen molar-refractivity contribution in [3.63, 3.8) is 0 Å². The van der Waals surface area contributed by atoms with Crippen LogP contribution in [0.4, 0.5) is 0 Å². The molecule has 1 aromatic rings. The number of likely N-dealkylation sites (N-methyl/N-ethyl adjacent to an activating group) is 1. The van der Waals surface area contributed by atoms with E-state index in [2.05, 4.69) is 18.9 Å². The lowest BCUT2D eigenvalue weighted by Gasteiger charge is -2.41. The van der Waals surface area contributed by atoms with E-state index in [0.717, 1.165) is 24.9 Å². The van der Waals surface area contributed by atoms with Gasteiger partial charge in [0.25, 0.3) is 0 Å². The monoisotopic (exact) mass is 361 g/mol. The largest absolute Gasteiger partial charge is 0.341 e. The Labute approximate surface area is 152 Å².